The van der Waals surface area contributed by atoms with Crippen LogP contribution in [-0.2, 0) is 16.1 Å². The molecule has 25 heavy (non-hydrogen) atoms. The molecule has 136 valence electrons. The first-order chi connectivity index (χ1) is 12.2. The van der Waals surface area contributed by atoms with Crippen molar-refractivity contribution in [2.24, 2.45) is 11.8 Å². The normalized spacial score (nSPS) is 33.2. The van der Waals surface area contributed by atoms with Crippen LogP contribution in [0.1, 0.15) is 24.8 Å². The maximum Gasteiger partial charge on any atom is 0.253 e. The summed E-state index contributed by atoms with van der Waals surface area (Å²) in [6.45, 7) is 4.36. The van der Waals surface area contributed by atoms with Gasteiger partial charge in [-0.25, -0.2) is 0 Å². The van der Waals surface area contributed by atoms with E-state index in [-0.39, 0.29) is 30.0 Å². The number of ether oxygens (including phenoxy) is 1. The predicted molar refractivity (Wildman–Crippen MR) is 94.9 cm³/mol. The summed E-state index contributed by atoms with van der Waals surface area (Å²) in [7, 11) is 0. The van der Waals surface area contributed by atoms with Gasteiger partial charge in [0.1, 0.15) is 6.10 Å². The van der Waals surface area contributed by atoms with Crippen LogP contribution in [0.15, 0.2) is 30.3 Å². The second kappa shape index (κ2) is 7.44. The summed E-state index contributed by atoms with van der Waals surface area (Å²) >= 11 is 0. The van der Waals surface area contributed by atoms with E-state index in [0.717, 1.165) is 25.9 Å². The van der Waals surface area contributed by atoms with E-state index in [1.165, 1.54) is 12.0 Å². The summed E-state index contributed by atoms with van der Waals surface area (Å²) in [5.74, 6) is 0.613. The fourth-order valence-corrected chi connectivity index (χ4v) is 4.63. The lowest BCUT2D eigenvalue weighted by Gasteiger charge is -2.46. The van der Waals surface area contributed by atoms with Crippen LogP contribution in [0.2, 0.25) is 0 Å². The lowest BCUT2D eigenvalue weighted by atomic mass is 9.75. The summed E-state index contributed by atoms with van der Waals surface area (Å²) in [6.07, 6.45) is 2.66. The molecule has 1 aromatic carbocycles. The zero-order valence-corrected chi connectivity index (χ0v) is 14.7. The van der Waals surface area contributed by atoms with Crippen molar-refractivity contribution in [3.05, 3.63) is 35.9 Å². The molecule has 0 aromatic heterocycles. The van der Waals surface area contributed by atoms with Gasteiger partial charge in [-0.3, -0.25) is 9.69 Å². The molecule has 3 aliphatic rings. The number of fused-ring (bicyclic) bond motifs is 2. The number of carbonyl (C=O) groups is 1. The molecule has 1 saturated carbocycles. The molecule has 1 aromatic rings. The van der Waals surface area contributed by atoms with Crippen molar-refractivity contribution in [1.82, 2.24) is 9.80 Å². The molecule has 2 saturated heterocycles. The van der Waals surface area contributed by atoms with Crippen molar-refractivity contribution < 1.29 is 14.6 Å². The molecule has 3 fully saturated rings. The highest BCUT2D eigenvalue weighted by Gasteiger charge is 2.41. The molecule has 2 heterocycles. The van der Waals surface area contributed by atoms with Crippen LogP contribution in [0.5, 0.6) is 0 Å². The molecular formula is C20H28N2O3. The summed E-state index contributed by atoms with van der Waals surface area (Å²) in [6, 6.07) is 10.4. The Bertz CT molecular complexity index is 580. The van der Waals surface area contributed by atoms with E-state index in [2.05, 4.69) is 29.2 Å². The first-order valence-corrected chi connectivity index (χ1v) is 9.55. The molecule has 0 spiro atoms. The summed E-state index contributed by atoms with van der Waals surface area (Å²) in [5, 5.41) is 10.3. The monoisotopic (exact) mass is 344 g/mol. The van der Waals surface area contributed by atoms with Crippen LogP contribution in [-0.4, -0.2) is 65.8 Å². The maximum absolute atomic E-state index is 13.0. The fourth-order valence-electron chi connectivity index (χ4n) is 4.63. The van der Waals surface area contributed by atoms with E-state index < -0.39 is 0 Å². The third-order valence-electron chi connectivity index (χ3n) is 6.01. The van der Waals surface area contributed by atoms with Gasteiger partial charge in [0, 0.05) is 44.6 Å². The van der Waals surface area contributed by atoms with Crippen LogP contribution >= 0.6 is 0 Å². The van der Waals surface area contributed by atoms with E-state index >= 15 is 0 Å². The van der Waals surface area contributed by atoms with Gasteiger partial charge in [0.2, 0.25) is 0 Å². The SMILES string of the molecule is O=C([C@@H]1CN(Cc2ccccc2)CCO1)N1C[C@H]2CCC[C@@H](C1)C2O. The van der Waals surface area contributed by atoms with Gasteiger partial charge in [-0.15, -0.1) is 0 Å². The Morgan fingerprint density at radius 2 is 1.84 bits per heavy atom. The molecule has 5 nitrogen and oxygen atoms in total. The molecule has 1 N–H and O–H groups in total. The number of hydrogen-bond acceptors (Lipinski definition) is 4. The Kier molecular flexibility index (Phi) is 5.06. The number of carbonyl (C=O) groups excluding carboxylic acids is 1. The molecule has 0 radical (unpaired) electrons. The average Bonchev–Trinajstić information content (AvgIpc) is 2.62. The smallest absolute Gasteiger partial charge is 0.253 e. The zero-order valence-electron chi connectivity index (χ0n) is 14.7. The van der Waals surface area contributed by atoms with Crippen molar-refractivity contribution >= 4 is 5.91 Å². The summed E-state index contributed by atoms with van der Waals surface area (Å²) in [5.41, 5.74) is 1.27. The summed E-state index contributed by atoms with van der Waals surface area (Å²) < 4.78 is 5.81. The van der Waals surface area contributed by atoms with Gasteiger partial charge in [0.15, 0.2) is 0 Å². The highest BCUT2D eigenvalue weighted by Crippen LogP contribution is 2.35. The second-order valence-electron chi connectivity index (χ2n) is 7.77. The first-order valence-electron chi connectivity index (χ1n) is 9.55. The average molecular weight is 344 g/mol. The highest BCUT2D eigenvalue weighted by atomic mass is 16.5. The van der Waals surface area contributed by atoms with Crippen molar-refractivity contribution in [2.45, 2.75) is 38.0 Å². The summed E-state index contributed by atoms with van der Waals surface area (Å²) in [4.78, 5) is 17.2. The number of hydrogen-bond donors (Lipinski definition) is 1. The van der Waals surface area contributed by atoms with Gasteiger partial charge in [-0.1, -0.05) is 36.8 Å². The molecule has 1 aliphatic carbocycles. The minimum atomic E-state index is -0.367. The quantitative estimate of drug-likeness (QED) is 0.903. The molecule has 4 atom stereocenters. The largest absolute Gasteiger partial charge is 0.392 e. The van der Waals surface area contributed by atoms with Gasteiger partial charge in [-0.2, -0.15) is 0 Å². The number of piperidine rings is 1. The number of rotatable bonds is 3. The molecular weight excluding hydrogens is 316 g/mol. The molecule has 5 heteroatoms. The van der Waals surface area contributed by atoms with Crippen LogP contribution in [0.3, 0.4) is 0 Å². The van der Waals surface area contributed by atoms with Gasteiger partial charge >= 0.3 is 0 Å². The number of likely N-dealkylation sites (tertiary alicyclic amines) is 1. The molecule has 1 amide bonds. The Hall–Kier alpha value is -1.43. The van der Waals surface area contributed by atoms with Crippen molar-refractivity contribution in [3.8, 4) is 0 Å². The van der Waals surface area contributed by atoms with Crippen molar-refractivity contribution in [3.63, 3.8) is 0 Å². The van der Waals surface area contributed by atoms with Gasteiger partial charge < -0.3 is 14.7 Å². The van der Waals surface area contributed by atoms with E-state index in [0.29, 0.717) is 26.2 Å². The third-order valence-corrected chi connectivity index (χ3v) is 6.01. The number of benzene rings is 1. The standard InChI is InChI=1S/C20H28N2O3/c23-19-16-7-4-8-17(19)13-22(12-16)20(24)18-14-21(9-10-25-18)11-15-5-2-1-3-6-15/h1-3,5-6,16-19,23H,4,7-14H2/t16-,17+,18-,19?/m0/s1. The highest BCUT2D eigenvalue weighted by molar-refractivity contribution is 5.81. The Morgan fingerprint density at radius 3 is 2.56 bits per heavy atom. The molecule has 1 unspecified atom stereocenters. The van der Waals surface area contributed by atoms with E-state index in [9.17, 15) is 9.90 Å². The number of morpholine rings is 1. The lowest BCUT2D eigenvalue weighted by Crippen LogP contribution is -2.58. The van der Waals surface area contributed by atoms with E-state index in [1.807, 2.05) is 11.0 Å². The van der Waals surface area contributed by atoms with E-state index in [1.54, 1.807) is 0 Å². The number of aliphatic hydroxyl groups excluding tert-OH is 1. The topological polar surface area (TPSA) is 53.0 Å². The van der Waals surface area contributed by atoms with Gasteiger partial charge in [0.25, 0.3) is 5.91 Å². The van der Waals surface area contributed by atoms with Crippen LogP contribution in [0, 0.1) is 11.8 Å². The molecule has 2 aliphatic heterocycles. The van der Waals surface area contributed by atoms with Crippen LogP contribution in [0.25, 0.3) is 0 Å². The number of aliphatic hydroxyl groups is 1. The van der Waals surface area contributed by atoms with Crippen LogP contribution in [0.4, 0.5) is 0 Å². The van der Waals surface area contributed by atoms with E-state index in [4.69, 9.17) is 4.74 Å². The van der Waals surface area contributed by atoms with Gasteiger partial charge in [0.05, 0.1) is 12.7 Å². The maximum atomic E-state index is 13.0. The molecule has 2 bridgehead atoms. The lowest BCUT2D eigenvalue weighted by molar-refractivity contribution is -0.157. The second-order valence-corrected chi connectivity index (χ2v) is 7.77. The fraction of sp³-hybridized carbons (Fsp3) is 0.650. The minimum Gasteiger partial charge on any atom is -0.392 e. The van der Waals surface area contributed by atoms with Crippen molar-refractivity contribution in [1.29, 1.82) is 0 Å². The number of nitrogens with zero attached hydrogens (tertiary/aromatic N) is 2. The minimum absolute atomic E-state index is 0.113. The Balaban J connectivity index is 1.37. The first kappa shape index (κ1) is 17.0. The zero-order chi connectivity index (χ0) is 17.2. The Morgan fingerprint density at radius 1 is 1.12 bits per heavy atom. The van der Waals surface area contributed by atoms with Crippen LogP contribution < -0.4 is 0 Å². The van der Waals surface area contributed by atoms with Gasteiger partial charge in [-0.05, 0) is 18.4 Å². The third kappa shape index (κ3) is 3.73. The predicted octanol–water partition coefficient (Wildman–Crippen LogP) is 1.51. The van der Waals surface area contributed by atoms with Crippen molar-refractivity contribution in [2.75, 3.05) is 32.8 Å². The molecule has 4 rings (SSSR count). The number of amides is 1. The Labute approximate surface area is 149 Å².